The third-order valence-corrected chi connectivity index (χ3v) is 7.54. The Labute approximate surface area is 162 Å². The molecule has 3 heteroatoms. The maximum atomic E-state index is 9.88. The number of rotatable bonds is 3. The lowest BCUT2D eigenvalue weighted by Gasteiger charge is -2.49. The zero-order chi connectivity index (χ0) is 18.8. The average Bonchev–Trinajstić information content (AvgIpc) is 3.19. The molecule has 1 heterocycles. The number of hydrogen-bond acceptors (Lipinski definition) is 2. The summed E-state index contributed by atoms with van der Waals surface area (Å²) >= 11 is 0. The van der Waals surface area contributed by atoms with Crippen molar-refractivity contribution < 1.29 is 5.11 Å². The first kappa shape index (κ1) is 17.1. The van der Waals surface area contributed by atoms with Gasteiger partial charge in [0.05, 0.1) is 11.9 Å². The van der Waals surface area contributed by atoms with Crippen LogP contribution in [0.15, 0.2) is 37.1 Å². The molecule has 1 fully saturated rings. The Morgan fingerprint density at radius 1 is 1.33 bits per heavy atom. The summed E-state index contributed by atoms with van der Waals surface area (Å²) in [7, 11) is 0. The van der Waals surface area contributed by atoms with E-state index in [0.29, 0.717) is 29.4 Å². The molecule has 2 aromatic rings. The second-order valence-corrected chi connectivity index (χ2v) is 9.38. The van der Waals surface area contributed by atoms with Gasteiger partial charge < -0.3 is 5.11 Å². The first-order chi connectivity index (χ1) is 13.0. The molecule has 1 saturated carbocycles. The van der Waals surface area contributed by atoms with Gasteiger partial charge in [-0.3, -0.25) is 4.68 Å². The number of phenolic OH excluding ortho intramolecular Hbond substituents is 1. The quantitative estimate of drug-likeness (QED) is 0.782. The number of benzene rings is 1. The normalized spacial score (nSPS) is 31.1. The van der Waals surface area contributed by atoms with Gasteiger partial charge in [-0.25, -0.2) is 0 Å². The lowest BCUT2D eigenvalue weighted by atomic mass is 9.55. The van der Waals surface area contributed by atoms with Crippen LogP contribution in [0.5, 0.6) is 5.75 Å². The van der Waals surface area contributed by atoms with Gasteiger partial charge in [-0.1, -0.05) is 26.0 Å². The maximum absolute atomic E-state index is 9.88. The van der Waals surface area contributed by atoms with Gasteiger partial charge in [0.25, 0.3) is 0 Å². The lowest BCUT2D eigenvalue weighted by Crippen LogP contribution is -2.44. The molecule has 0 aliphatic heterocycles. The van der Waals surface area contributed by atoms with Crippen molar-refractivity contribution in [3.05, 3.63) is 59.4 Å². The van der Waals surface area contributed by atoms with Gasteiger partial charge in [0.15, 0.2) is 0 Å². The molecule has 4 unspecified atom stereocenters. The highest BCUT2D eigenvalue weighted by Gasteiger charge is 2.55. The van der Waals surface area contributed by atoms with E-state index in [1.165, 1.54) is 41.6 Å². The third-order valence-electron chi connectivity index (χ3n) is 7.54. The lowest BCUT2D eigenvalue weighted by molar-refractivity contribution is 0.118. The van der Waals surface area contributed by atoms with Crippen LogP contribution in [0.25, 0.3) is 0 Å². The van der Waals surface area contributed by atoms with E-state index in [1.54, 1.807) is 0 Å². The van der Waals surface area contributed by atoms with Crippen molar-refractivity contribution in [2.75, 3.05) is 0 Å². The Morgan fingerprint density at radius 2 is 2.19 bits per heavy atom. The Hall–Kier alpha value is -2.03. The van der Waals surface area contributed by atoms with Crippen molar-refractivity contribution >= 4 is 0 Å². The van der Waals surface area contributed by atoms with Crippen molar-refractivity contribution in [3.8, 4) is 5.75 Å². The van der Waals surface area contributed by atoms with Crippen LogP contribution in [-0.4, -0.2) is 14.9 Å². The molecule has 4 atom stereocenters. The Morgan fingerprint density at radius 3 is 2.96 bits per heavy atom. The number of allylic oxidation sites excluding steroid dienone is 1. The average molecular weight is 363 g/mol. The van der Waals surface area contributed by atoms with Crippen molar-refractivity contribution in [2.45, 2.75) is 63.8 Å². The highest BCUT2D eigenvalue weighted by atomic mass is 16.3. The monoisotopic (exact) mass is 362 g/mol. The molecule has 1 aromatic carbocycles. The van der Waals surface area contributed by atoms with Gasteiger partial charge >= 0.3 is 0 Å². The molecule has 3 nitrogen and oxygen atoms in total. The van der Waals surface area contributed by atoms with Gasteiger partial charge in [-0.15, -0.1) is 6.58 Å². The van der Waals surface area contributed by atoms with Crippen LogP contribution in [0.4, 0.5) is 0 Å². The van der Waals surface area contributed by atoms with E-state index in [-0.39, 0.29) is 5.41 Å². The zero-order valence-electron chi connectivity index (χ0n) is 16.5. The minimum atomic E-state index is 0.0936. The first-order valence-corrected chi connectivity index (χ1v) is 10.5. The highest BCUT2D eigenvalue weighted by Crippen LogP contribution is 2.60. The van der Waals surface area contributed by atoms with E-state index in [4.69, 9.17) is 5.10 Å². The molecule has 27 heavy (non-hydrogen) atoms. The summed E-state index contributed by atoms with van der Waals surface area (Å²) in [4.78, 5) is 0. The number of aromatic nitrogens is 2. The van der Waals surface area contributed by atoms with E-state index in [1.807, 2.05) is 12.1 Å². The molecular formula is C24H30N2O. The Balaban J connectivity index is 1.55. The maximum Gasteiger partial charge on any atom is 0.115 e. The molecule has 5 rings (SSSR count). The second kappa shape index (κ2) is 5.98. The SMILES string of the molecule is C=CC12CCC3c4ccc(O)cc4CCC3C1Cc1cnn(CC(C)C)c12. The predicted octanol–water partition coefficient (Wildman–Crippen LogP) is 4.98. The van der Waals surface area contributed by atoms with E-state index < -0.39 is 0 Å². The molecule has 1 aromatic heterocycles. The summed E-state index contributed by atoms with van der Waals surface area (Å²) in [5.74, 6) is 2.98. The summed E-state index contributed by atoms with van der Waals surface area (Å²) < 4.78 is 2.29. The first-order valence-electron chi connectivity index (χ1n) is 10.5. The zero-order valence-corrected chi connectivity index (χ0v) is 16.5. The molecular weight excluding hydrogens is 332 g/mol. The molecule has 0 amide bonds. The van der Waals surface area contributed by atoms with Gasteiger partial charge in [0.1, 0.15) is 5.75 Å². The molecule has 1 N–H and O–H groups in total. The fourth-order valence-electron chi connectivity index (χ4n) is 6.55. The van der Waals surface area contributed by atoms with Gasteiger partial charge in [0.2, 0.25) is 0 Å². The molecule has 0 spiro atoms. The molecule has 0 saturated heterocycles. The molecule has 142 valence electrons. The van der Waals surface area contributed by atoms with Crippen LogP contribution in [0.2, 0.25) is 0 Å². The van der Waals surface area contributed by atoms with Gasteiger partial charge in [-0.2, -0.15) is 5.10 Å². The fraction of sp³-hybridized carbons (Fsp3) is 0.542. The summed E-state index contributed by atoms with van der Waals surface area (Å²) in [6, 6.07) is 6.05. The summed E-state index contributed by atoms with van der Waals surface area (Å²) in [6.45, 7) is 9.87. The van der Waals surface area contributed by atoms with Crippen molar-refractivity contribution in [1.82, 2.24) is 9.78 Å². The van der Waals surface area contributed by atoms with E-state index in [0.717, 1.165) is 19.4 Å². The summed E-state index contributed by atoms with van der Waals surface area (Å²) in [6.07, 6.45) is 10.2. The van der Waals surface area contributed by atoms with E-state index in [9.17, 15) is 5.11 Å². The molecule has 0 bridgehead atoms. The number of nitrogens with zero attached hydrogens (tertiary/aromatic N) is 2. The standard InChI is InChI=1S/C24H30N2O/c1-4-24-10-9-20-19-8-6-18(27)11-16(19)5-7-21(20)22(24)12-17-13-25-26(23(17)24)14-15(2)3/h4,6,8,11,13,15,20-22,27H,1,5,7,9-10,12,14H2,2-3H3. The number of aryl methyl sites for hydroxylation is 1. The van der Waals surface area contributed by atoms with Crippen molar-refractivity contribution in [1.29, 1.82) is 0 Å². The number of hydrogen-bond donors (Lipinski definition) is 1. The minimum absolute atomic E-state index is 0.0936. The van der Waals surface area contributed by atoms with Crippen LogP contribution in [-0.2, 0) is 24.8 Å². The predicted molar refractivity (Wildman–Crippen MR) is 108 cm³/mol. The molecule has 0 radical (unpaired) electrons. The van der Waals surface area contributed by atoms with Crippen molar-refractivity contribution in [2.24, 2.45) is 17.8 Å². The number of fused-ring (bicyclic) bond motifs is 7. The molecule has 3 aliphatic carbocycles. The van der Waals surface area contributed by atoms with Crippen LogP contribution < -0.4 is 0 Å². The largest absolute Gasteiger partial charge is 0.508 e. The number of aromatic hydroxyl groups is 1. The minimum Gasteiger partial charge on any atom is -0.508 e. The fourth-order valence-corrected chi connectivity index (χ4v) is 6.55. The van der Waals surface area contributed by atoms with E-state index in [2.05, 4.69) is 43.4 Å². The van der Waals surface area contributed by atoms with Crippen molar-refractivity contribution in [3.63, 3.8) is 0 Å². The third kappa shape index (κ3) is 2.36. The second-order valence-electron chi connectivity index (χ2n) is 9.38. The topological polar surface area (TPSA) is 38.1 Å². The van der Waals surface area contributed by atoms with Gasteiger partial charge in [0, 0.05) is 12.0 Å². The summed E-state index contributed by atoms with van der Waals surface area (Å²) in [5.41, 5.74) is 5.87. The Bertz CT molecular complexity index is 896. The van der Waals surface area contributed by atoms with Crippen LogP contribution in [0, 0.1) is 17.8 Å². The highest BCUT2D eigenvalue weighted by molar-refractivity contribution is 5.45. The molecule has 3 aliphatic rings. The van der Waals surface area contributed by atoms with Crippen LogP contribution in [0.3, 0.4) is 0 Å². The van der Waals surface area contributed by atoms with E-state index >= 15 is 0 Å². The van der Waals surface area contributed by atoms with Gasteiger partial charge in [-0.05, 0) is 84.6 Å². The summed E-state index contributed by atoms with van der Waals surface area (Å²) in [5, 5.41) is 14.6. The van der Waals surface area contributed by atoms with Crippen LogP contribution >= 0.6 is 0 Å². The smallest absolute Gasteiger partial charge is 0.115 e. The van der Waals surface area contributed by atoms with Crippen LogP contribution in [0.1, 0.15) is 61.4 Å². The Kier molecular flexibility index (Phi) is 3.79. The number of phenols is 1.